The van der Waals surface area contributed by atoms with Crippen molar-refractivity contribution < 1.29 is 9.21 Å². The summed E-state index contributed by atoms with van der Waals surface area (Å²) in [6, 6.07) is 14.0. The van der Waals surface area contributed by atoms with Crippen LogP contribution in [0, 0.1) is 0 Å². The van der Waals surface area contributed by atoms with Crippen molar-refractivity contribution in [2.75, 3.05) is 5.75 Å². The Labute approximate surface area is 163 Å². The summed E-state index contributed by atoms with van der Waals surface area (Å²) in [5, 5.41) is 12.3. The van der Waals surface area contributed by atoms with E-state index >= 15 is 0 Å². The summed E-state index contributed by atoms with van der Waals surface area (Å²) in [4.78, 5) is 12.2. The van der Waals surface area contributed by atoms with E-state index in [9.17, 15) is 4.79 Å². The number of nitrogens with zero attached hydrogens (tertiary/aromatic N) is 3. The molecule has 0 aliphatic rings. The molecule has 0 fully saturated rings. The maximum absolute atomic E-state index is 12.2. The number of amides is 1. The second kappa shape index (κ2) is 9.41. The van der Waals surface area contributed by atoms with Crippen LogP contribution in [0.3, 0.4) is 0 Å². The highest BCUT2D eigenvalue weighted by Gasteiger charge is 2.18. The van der Waals surface area contributed by atoms with Gasteiger partial charge in [-0.2, -0.15) is 0 Å². The Hall–Kier alpha value is -2.54. The molecule has 0 aliphatic heterocycles. The SMILES string of the molecule is CCC[C@@H](C)NC(=O)CSc1nnc(-c2ccco2)n1Cc1ccccc1. The van der Waals surface area contributed by atoms with Crippen molar-refractivity contribution >= 4 is 17.7 Å². The van der Waals surface area contributed by atoms with Gasteiger partial charge in [0.15, 0.2) is 10.9 Å². The lowest BCUT2D eigenvalue weighted by Gasteiger charge is -2.13. The van der Waals surface area contributed by atoms with E-state index in [0.717, 1.165) is 18.4 Å². The van der Waals surface area contributed by atoms with Gasteiger partial charge in [-0.3, -0.25) is 9.36 Å². The van der Waals surface area contributed by atoms with Crippen LogP contribution >= 0.6 is 11.8 Å². The third-order valence-corrected chi connectivity index (χ3v) is 5.07. The first kappa shape index (κ1) is 19.2. The fourth-order valence-electron chi connectivity index (χ4n) is 2.84. The lowest BCUT2D eigenvalue weighted by atomic mass is 10.2. The summed E-state index contributed by atoms with van der Waals surface area (Å²) < 4.78 is 7.49. The van der Waals surface area contributed by atoms with E-state index < -0.39 is 0 Å². The highest BCUT2D eigenvalue weighted by atomic mass is 32.2. The van der Waals surface area contributed by atoms with Crippen molar-refractivity contribution in [1.82, 2.24) is 20.1 Å². The van der Waals surface area contributed by atoms with Crippen LogP contribution in [0.5, 0.6) is 0 Å². The number of thioether (sulfide) groups is 1. The van der Waals surface area contributed by atoms with Crippen LogP contribution in [-0.2, 0) is 11.3 Å². The molecule has 0 unspecified atom stereocenters. The molecule has 3 aromatic rings. The van der Waals surface area contributed by atoms with Gasteiger partial charge in [0, 0.05) is 6.04 Å². The number of carbonyl (C=O) groups excluding carboxylic acids is 1. The second-order valence-electron chi connectivity index (χ2n) is 6.40. The highest BCUT2D eigenvalue weighted by molar-refractivity contribution is 7.99. The van der Waals surface area contributed by atoms with Crippen molar-refractivity contribution in [3.05, 3.63) is 54.3 Å². The first-order chi connectivity index (χ1) is 13.2. The number of hydrogen-bond acceptors (Lipinski definition) is 5. The van der Waals surface area contributed by atoms with Crippen molar-refractivity contribution in [1.29, 1.82) is 0 Å². The molecule has 142 valence electrons. The Morgan fingerprint density at radius 3 is 2.74 bits per heavy atom. The molecule has 7 heteroatoms. The topological polar surface area (TPSA) is 73.0 Å². The summed E-state index contributed by atoms with van der Waals surface area (Å²) in [7, 11) is 0. The molecule has 1 N–H and O–H groups in total. The third kappa shape index (κ3) is 5.23. The van der Waals surface area contributed by atoms with Crippen LogP contribution in [0.4, 0.5) is 0 Å². The maximum atomic E-state index is 12.2. The minimum absolute atomic E-state index is 0.00904. The molecule has 1 amide bonds. The molecule has 2 aromatic heterocycles. The molecule has 0 aliphatic carbocycles. The minimum Gasteiger partial charge on any atom is -0.461 e. The maximum Gasteiger partial charge on any atom is 0.230 e. The number of nitrogens with one attached hydrogen (secondary N) is 1. The van der Waals surface area contributed by atoms with Crippen molar-refractivity contribution in [2.24, 2.45) is 0 Å². The first-order valence-electron chi connectivity index (χ1n) is 9.10. The Bertz CT molecular complexity index is 846. The molecular weight excluding hydrogens is 360 g/mol. The number of carbonyl (C=O) groups is 1. The largest absolute Gasteiger partial charge is 0.461 e. The van der Waals surface area contributed by atoms with E-state index in [0.29, 0.717) is 29.0 Å². The number of furan rings is 1. The molecule has 27 heavy (non-hydrogen) atoms. The van der Waals surface area contributed by atoms with E-state index in [-0.39, 0.29) is 11.9 Å². The van der Waals surface area contributed by atoms with E-state index in [2.05, 4.69) is 34.6 Å². The van der Waals surface area contributed by atoms with Crippen LogP contribution in [0.2, 0.25) is 0 Å². The van der Waals surface area contributed by atoms with Crippen molar-refractivity contribution in [3.8, 4) is 11.6 Å². The smallest absolute Gasteiger partial charge is 0.230 e. The van der Waals surface area contributed by atoms with E-state index in [1.165, 1.54) is 11.8 Å². The molecule has 3 rings (SSSR count). The number of benzene rings is 1. The van der Waals surface area contributed by atoms with E-state index in [1.54, 1.807) is 6.26 Å². The molecule has 6 nitrogen and oxygen atoms in total. The monoisotopic (exact) mass is 384 g/mol. The number of hydrogen-bond donors (Lipinski definition) is 1. The molecule has 0 spiro atoms. The predicted octanol–water partition coefficient (Wildman–Crippen LogP) is 3.98. The molecule has 0 saturated heterocycles. The molecule has 0 bridgehead atoms. The van der Waals surface area contributed by atoms with Gasteiger partial charge < -0.3 is 9.73 Å². The van der Waals surface area contributed by atoms with Crippen LogP contribution in [0.1, 0.15) is 32.3 Å². The highest BCUT2D eigenvalue weighted by Crippen LogP contribution is 2.25. The van der Waals surface area contributed by atoms with Gasteiger partial charge in [-0.25, -0.2) is 0 Å². The van der Waals surface area contributed by atoms with Crippen molar-refractivity contribution in [2.45, 2.75) is 44.4 Å². The second-order valence-corrected chi connectivity index (χ2v) is 7.34. The Morgan fingerprint density at radius 2 is 2.04 bits per heavy atom. The Morgan fingerprint density at radius 1 is 1.22 bits per heavy atom. The van der Waals surface area contributed by atoms with Gasteiger partial charge in [0.2, 0.25) is 11.7 Å². The lowest BCUT2D eigenvalue weighted by Crippen LogP contribution is -2.33. The van der Waals surface area contributed by atoms with Gasteiger partial charge in [-0.1, -0.05) is 55.4 Å². The normalized spacial score (nSPS) is 12.1. The summed E-state index contributed by atoms with van der Waals surface area (Å²) in [6.45, 7) is 4.75. The predicted molar refractivity (Wildman–Crippen MR) is 107 cm³/mol. The van der Waals surface area contributed by atoms with Gasteiger partial charge in [0.05, 0.1) is 18.6 Å². The quantitative estimate of drug-likeness (QED) is 0.565. The average Bonchev–Trinajstić information content (AvgIpc) is 3.31. The molecule has 2 heterocycles. The van der Waals surface area contributed by atoms with Gasteiger partial charge >= 0.3 is 0 Å². The summed E-state index contributed by atoms with van der Waals surface area (Å²) in [5.41, 5.74) is 1.13. The van der Waals surface area contributed by atoms with Crippen molar-refractivity contribution in [3.63, 3.8) is 0 Å². The average molecular weight is 385 g/mol. The number of aromatic nitrogens is 3. The summed E-state index contributed by atoms with van der Waals surface area (Å²) >= 11 is 1.39. The molecule has 0 radical (unpaired) electrons. The van der Waals surface area contributed by atoms with Crippen LogP contribution in [0.25, 0.3) is 11.6 Å². The van der Waals surface area contributed by atoms with E-state index in [1.807, 2.05) is 41.8 Å². The zero-order valence-corrected chi connectivity index (χ0v) is 16.4. The van der Waals surface area contributed by atoms with Crippen LogP contribution < -0.4 is 5.32 Å². The molecular formula is C20H24N4O2S. The van der Waals surface area contributed by atoms with Gasteiger partial charge in [0.25, 0.3) is 0 Å². The van der Waals surface area contributed by atoms with Gasteiger partial charge in [-0.05, 0) is 31.0 Å². The molecule has 1 atom stereocenters. The van der Waals surface area contributed by atoms with E-state index in [4.69, 9.17) is 4.42 Å². The summed E-state index contributed by atoms with van der Waals surface area (Å²) in [6.07, 6.45) is 3.64. The van der Waals surface area contributed by atoms with Crippen LogP contribution in [-0.4, -0.2) is 32.5 Å². The minimum atomic E-state index is 0.00904. The summed E-state index contributed by atoms with van der Waals surface area (Å²) in [5.74, 6) is 1.63. The standard InChI is InChI=1S/C20H24N4O2S/c1-3-8-15(2)21-18(25)14-27-20-23-22-19(17-11-7-12-26-17)24(20)13-16-9-5-4-6-10-16/h4-7,9-12,15H,3,8,13-14H2,1-2H3,(H,21,25)/t15-/m1/s1. The van der Waals surface area contributed by atoms with Gasteiger partial charge in [-0.15, -0.1) is 10.2 Å². The molecule has 1 aromatic carbocycles. The van der Waals surface area contributed by atoms with Gasteiger partial charge in [0.1, 0.15) is 0 Å². The lowest BCUT2D eigenvalue weighted by molar-refractivity contribution is -0.119. The zero-order valence-electron chi connectivity index (χ0n) is 15.6. The Balaban J connectivity index is 1.75. The first-order valence-corrected chi connectivity index (χ1v) is 10.1. The third-order valence-electron chi connectivity index (χ3n) is 4.10. The fourth-order valence-corrected chi connectivity index (χ4v) is 3.59. The van der Waals surface area contributed by atoms with Crippen LogP contribution in [0.15, 0.2) is 58.3 Å². The fraction of sp³-hybridized carbons (Fsp3) is 0.350. The Kier molecular flexibility index (Phi) is 6.70. The molecule has 0 saturated carbocycles. The zero-order chi connectivity index (χ0) is 19.1. The number of rotatable bonds is 9.